The fourth-order valence-corrected chi connectivity index (χ4v) is 4.11. The number of amides is 4. The van der Waals surface area contributed by atoms with Crippen molar-refractivity contribution in [2.24, 2.45) is 0 Å². The average molecular weight is 615 g/mol. The van der Waals surface area contributed by atoms with Gasteiger partial charge in [-0.3, -0.25) is 19.6 Å². The lowest BCUT2D eigenvalue weighted by Gasteiger charge is -2.25. The van der Waals surface area contributed by atoms with Crippen molar-refractivity contribution in [2.75, 3.05) is 13.2 Å². The van der Waals surface area contributed by atoms with Crippen LogP contribution < -0.4 is 26.2 Å². The van der Waals surface area contributed by atoms with E-state index < -0.39 is 54.1 Å². The van der Waals surface area contributed by atoms with E-state index >= 15 is 0 Å². The molecule has 13 nitrogen and oxygen atoms in total. The van der Waals surface area contributed by atoms with Crippen molar-refractivity contribution in [1.29, 1.82) is 0 Å². The number of unbranched alkanes of at least 4 members (excludes halogenated alkanes) is 2. The van der Waals surface area contributed by atoms with Crippen LogP contribution in [-0.2, 0) is 32.0 Å². The lowest BCUT2D eigenvalue weighted by Crippen LogP contribution is -2.55. The number of hydrogen-bond acceptors (Lipinski definition) is 8. The fraction of sp³-hybridized carbons (Fsp3) is 0.452. The summed E-state index contributed by atoms with van der Waals surface area (Å²) in [6.07, 6.45) is 1.80. The van der Waals surface area contributed by atoms with Crippen LogP contribution in [-0.4, -0.2) is 70.9 Å². The molecular formula is C31H42N4O9. The molecule has 0 saturated heterocycles. The Kier molecular flexibility index (Phi) is 14.1. The molecule has 240 valence electrons. The summed E-state index contributed by atoms with van der Waals surface area (Å²) in [5.41, 5.74) is 1.45. The number of hydrogen-bond donors (Lipinski definition) is 6. The first kappa shape index (κ1) is 35.5. The van der Waals surface area contributed by atoms with Gasteiger partial charge in [-0.05, 0) is 50.5 Å². The molecule has 0 aromatic heterocycles. The highest BCUT2D eigenvalue weighted by Gasteiger charge is 2.29. The maximum Gasteiger partial charge on any atom is 0.408 e. The number of aromatic carboxylic acids is 1. The monoisotopic (exact) mass is 614 g/mol. The Hall–Kier alpha value is -4.65. The van der Waals surface area contributed by atoms with Crippen molar-refractivity contribution in [3.8, 4) is 5.75 Å². The van der Waals surface area contributed by atoms with Gasteiger partial charge in [0.15, 0.2) is 6.61 Å². The molecule has 0 aliphatic carbocycles. The molecule has 0 fully saturated rings. The smallest absolute Gasteiger partial charge is 0.408 e. The van der Waals surface area contributed by atoms with Gasteiger partial charge in [0, 0.05) is 19.4 Å². The van der Waals surface area contributed by atoms with Gasteiger partial charge in [-0.1, -0.05) is 56.2 Å². The summed E-state index contributed by atoms with van der Waals surface area (Å²) in [6, 6.07) is 10.9. The zero-order valence-electron chi connectivity index (χ0n) is 25.5. The number of rotatable bonds is 16. The third-order valence-corrected chi connectivity index (χ3v) is 6.20. The Balaban J connectivity index is 2.34. The maximum atomic E-state index is 13.6. The molecule has 0 spiro atoms. The number of benzene rings is 2. The van der Waals surface area contributed by atoms with Gasteiger partial charge in [0.2, 0.25) is 11.8 Å². The van der Waals surface area contributed by atoms with Gasteiger partial charge in [-0.2, -0.15) is 0 Å². The van der Waals surface area contributed by atoms with Crippen LogP contribution in [0.2, 0.25) is 0 Å². The van der Waals surface area contributed by atoms with E-state index in [1.54, 1.807) is 45.0 Å². The Labute approximate surface area is 256 Å². The van der Waals surface area contributed by atoms with Gasteiger partial charge in [0.25, 0.3) is 5.91 Å². The van der Waals surface area contributed by atoms with Gasteiger partial charge in [-0.15, -0.1) is 0 Å². The van der Waals surface area contributed by atoms with Gasteiger partial charge in [-0.25, -0.2) is 15.1 Å². The molecule has 2 atom stereocenters. The zero-order chi connectivity index (χ0) is 32.7. The quantitative estimate of drug-likeness (QED) is 0.0937. The number of carbonyl (C=O) groups is 5. The van der Waals surface area contributed by atoms with Crippen molar-refractivity contribution < 1.29 is 43.8 Å². The topological polar surface area (TPSA) is 192 Å². The lowest BCUT2D eigenvalue weighted by molar-refractivity contribution is -0.131. The normalized spacial score (nSPS) is 12.3. The second-order valence-corrected chi connectivity index (χ2v) is 11.1. The molecule has 2 aromatic rings. The highest BCUT2D eigenvalue weighted by atomic mass is 16.6. The molecule has 13 heteroatoms. The lowest BCUT2D eigenvalue weighted by atomic mass is 10.0. The molecule has 0 aliphatic rings. The Morgan fingerprint density at radius 1 is 0.864 bits per heavy atom. The van der Waals surface area contributed by atoms with E-state index in [0.717, 1.165) is 24.8 Å². The van der Waals surface area contributed by atoms with E-state index in [1.807, 2.05) is 13.0 Å². The summed E-state index contributed by atoms with van der Waals surface area (Å²) in [6.45, 7) is 6.87. The van der Waals surface area contributed by atoms with Crippen LogP contribution in [0.4, 0.5) is 4.79 Å². The predicted molar refractivity (Wildman–Crippen MR) is 160 cm³/mol. The maximum absolute atomic E-state index is 13.6. The number of carboxylic acids is 1. The molecule has 4 amide bonds. The highest BCUT2D eigenvalue weighted by Crippen LogP contribution is 2.21. The first-order valence-electron chi connectivity index (χ1n) is 14.4. The SMILES string of the molecule is CCCCCNC(=O)[C@H](Cc1ccc(OCC(=O)NO)c(C(=O)O)c1)NC(=O)[C@H](Cc1ccccc1)NC(=O)OC(C)(C)C. The van der Waals surface area contributed by atoms with E-state index in [0.29, 0.717) is 12.1 Å². The van der Waals surface area contributed by atoms with Gasteiger partial charge in [0.1, 0.15) is 29.0 Å². The number of ether oxygens (including phenoxy) is 2. The zero-order valence-corrected chi connectivity index (χ0v) is 25.5. The minimum absolute atomic E-state index is 0.0898. The summed E-state index contributed by atoms with van der Waals surface area (Å²) in [4.78, 5) is 62.8. The standard InChI is InChI=1S/C31H42N4O9/c1-5-6-10-15-32-27(37)23(18-21-13-14-25(22(16-21)29(39)40)43-19-26(36)35-42)33-28(38)24(17-20-11-8-7-9-12-20)34-30(41)44-31(2,3)4/h7-9,11-14,16,23-24,42H,5-6,10,15,17-19H2,1-4H3,(H,32,37)(H,33,38)(H,34,41)(H,35,36)(H,39,40)/t23-,24-/m0/s1. The van der Waals surface area contributed by atoms with Crippen LogP contribution in [0.3, 0.4) is 0 Å². The van der Waals surface area contributed by atoms with Gasteiger partial charge < -0.3 is 30.5 Å². The molecule has 2 rings (SSSR count). The molecule has 0 heterocycles. The molecular weight excluding hydrogens is 572 g/mol. The van der Waals surface area contributed by atoms with Crippen LogP contribution in [0.5, 0.6) is 5.75 Å². The van der Waals surface area contributed by atoms with Crippen LogP contribution in [0, 0.1) is 0 Å². The minimum atomic E-state index is -1.35. The number of hydroxylamine groups is 1. The van der Waals surface area contributed by atoms with E-state index in [2.05, 4.69) is 16.0 Å². The number of carboxylic acid groups (broad SMARTS) is 1. The van der Waals surface area contributed by atoms with Gasteiger partial charge >= 0.3 is 12.1 Å². The molecule has 0 bridgehead atoms. The second-order valence-electron chi connectivity index (χ2n) is 11.1. The number of alkyl carbamates (subject to hydrolysis) is 1. The van der Waals surface area contributed by atoms with E-state index in [1.165, 1.54) is 23.7 Å². The van der Waals surface area contributed by atoms with Crippen molar-refractivity contribution in [3.05, 3.63) is 65.2 Å². The molecule has 0 radical (unpaired) electrons. The van der Waals surface area contributed by atoms with E-state index in [-0.39, 0.29) is 24.2 Å². The molecule has 0 aliphatic heterocycles. The molecule has 0 unspecified atom stereocenters. The summed E-state index contributed by atoms with van der Waals surface area (Å²) in [5, 5.41) is 26.5. The van der Waals surface area contributed by atoms with Crippen LogP contribution in [0.15, 0.2) is 48.5 Å². The number of carbonyl (C=O) groups excluding carboxylic acids is 4. The average Bonchev–Trinajstić information content (AvgIpc) is 2.97. The minimum Gasteiger partial charge on any atom is -0.483 e. The molecule has 0 saturated carbocycles. The van der Waals surface area contributed by atoms with Crippen LogP contribution in [0.25, 0.3) is 0 Å². The van der Waals surface area contributed by atoms with E-state index in [9.17, 15) is 29.1 Å². The molecule has 2 aromatic carbocycles. The summed E-state index contributed by atoms with van der Waals surface area (Å²) < 4.78 is 10.6. The molecule has 44 heavy (non-hydrogen) atoms. The third-order valence-electron chi connectivity index (χ3n) is 6.20. The third kappa shape index (κ3) is 12.7. The highest BCUT2D eigenvalue weighted by molar-refractivity contribution is 5.93. The Bertz CT molecular complexity index is 1280. The van der Waals surface area contributed by atoms with Gasteiger partial charge in [0.05, 0.1) is 0 Å². The summed E-state index contributed by atoms with van der Waals surface area (Å²) in [7, 11) is 0. The Morgan fingerprint density at radius 2 is 1.52 bits per heavy atom. The second kappa shape index (κ2) is 17.5. The summed E-state index contributed by atoms with van der Waals surface area (Å²) in [5.74, 6) is -3.47. The number of nitrogens with one attached hydrogen (secondary N) is 4. The van der Waals surface area contributed by atoms with Crippen molar-refractivity contribution in [3.63, 3.8) is 0 Å². The predicted octanol–water partition coefficient (Wildman–Crippen LogP) is 2.74. The van der Waals surface area contributed by atoms with Crippen molar-refractivity contribution in [1.82, 2.24) is 21.4 Å². The van der Waals surface area contributed by atoms with Crippen molar-refractivity contribution >= 4 is 29.8 Å². The summed E-state index contributed by atoms with van der Waals surface area (Å²) >= 11 is 0. The first-order valence-corrected chi connectivity index (χ1v) is 14.4. The van der Waals surface area contributed by atoms with E-state index in [4.69, 9.17) is 14.7 Å². The first-order chi connectivity index (χ1) is 20.8. The van der Waals surface area contributed by atoms with Crippen LogP contribution >= 0.6 is 0 Å². The molecule has 6 N–H and O–H groups in total. The largest absolute Gasteiger partial charge is 0.483 e. The Morgan fingerprint density at radius 3 is 2.14 bits per heavy atom. The van der Waals surface area contributed by atoms with Crippen molar-refractivity contribution in [2.45, 2.75) is 77.5 Å². The van der Waals surface area contributed by atoms with Crippen LogP contribution in [0.1, 0.15) is 68.4 Å². The fourth-order valence-electron chi connectivity index (χ4n) is 4.11.